The topological polar surface area (TPSA) is 55.6 Å². The van der Waals surface area contributed by atoms with E-state index in [-0.39, 0.29) is 12.5 Å². The number of morpholine rings is 1. The quantitative estimate of drug-likeness (QED) is 0.809. The van der Waals surface area contributed by atoms with Gasteiger partial charge in [0.05, 0.1) is 6.61 Å². The summed E-state index contributed by atoms with van der Waals surface area (Å²) in [7, 11) is 0. The third-order valence-corrected chi connectivity index (χ3v) is 2.67. The van der Waals surface area contributed by atoms with Crippen molar-refractivity contribution >= 4 is 11.6 Å². The van der Waals surface area contributed by atoms with E-state index in [0.29, 0.717) is 19.7 Å². The number of nitrogens with two attached hydrogens (primary N) is 1. The molecule has 0 aromatic heterocycles. The fraction of sp³-hybridized carbons (Fsp3) is 0.417. The zero-order valence-corrected chi connectivity index (χ0v) is 9.19. The van der Waals surface area contributed by atoms with Crippen LogP contribution in [0.25, 0.3) is 0 Å². The number of hydrogen-bond acceptors (Lipinski definition) is 3. The van der Waals surface area contributed by atoms with Gasteiger partial charge in [0, 0.05) is 12.2 Å². The second-order valence-corrected chi connectivity index (χ2v) is 3.80. The molecule has 2 rings (SSSR count). The van der Waals surface area contributed by atoms with Crippen molar-refractivity contribution in [1.82, 2.24) is 0 Å². The molecule has 0 radical (unpaired) electrons. The van der Waals surface area contributed by atoms with E-state index in [4.69, 9.17) is 10.5 Å². The summed E-state index contributed by atoms with van der Waals surface area (Å²) in [5, 5.41) is 0. The minimum absolute atomic E-state index is 0.0258. The molecule has 1 fully saturated rings. The first-order valence-corrected chi connectivity index (χ1v) is 5.48. The van der Waals surface area contributed by atoms with E-state index in [1.54, 1.807) is 4.90 Å². The molecule has 1 aromatic rings. The molecular formula is C12H16N2O2. The summed E-state index contributed by atoms with van der Waals surface area (Å²) in [6.07, 6.45) is 0.872. The van der Waals surface area contributed by atoms with E-state index in [1.165, 1.54) is 5.56 Å². The zero-order chi connectivity index (χ0) is 11.4. The third kappa shape index (κ3) is 2.40. The van der Waals surface area contributed by atoms with Gasteiger partial charge in [-0.25, -0.2) is 0 Å². The van der Waals surface area contributed by atoms with Crippen LogP contribution in [-0.4, -0.2) is 32.2 Å². The zero-order valence-electron chi connectivity index (χ0n) is 9.19. The Morgan fingerprint density at radius 2 is 2.06 bits per heavy atom. The SMILES string of the molecule is NCCc1ccc(N2CCOCC2=O)cc1. The lowest BCUT2D eigenvalue weighted by atomic mass is 10.1. The van der Waals surface area contributed by atoms with Gasteiger partial charge in [-0.2, -0.15) is 0 Å². The molecule has 4 heteroatoms. The van der Waals surface area contributed by atoms with Crippen molar-refractivity contribution in [3.63, 3.8) is 0 Å². The maximum atomic E-state index is 11.6. The maximum Gasteiger partial charge on any atom is 0.253 e. The van der Waals surface area contributed by atoms with Gasteiger partial charge in [0.15, 0.2) is 0 Å². The Labute approximate surface area is 95.0 Å². The minimum Gasteiger partial charge on any atom is -0.370 e. The molecule has 0 aliphatic carbocycles. The number of rotatable bonds is 3. The molecule has 0 bridgehead atoms. The largest absolute Gasteiger partial charge is 0.370 e. The number of nitrogens with zero attached hydrogens (tertiary/aromatic N) is 1. The molecule has 2 N–H and O–H groups in total. The van der Waals surface area contributed by atoms with Crippen LogP contribution >= 0.6 is 0 Å². The Kier molecular flexibility index (Phi) is 3.54. The van der Waals surface area contributed by atoms with E-state index in [0.717, 1.165) is 12.1 Å². The molecule has 1 heterocycles. The second-order valence-electron chi connectivity index (χ2n) is 3.80. The van der Waals surface area contributed by atoms with Gasteiger partial charge in [0.25, 0.3) is 5.91 Å². The van der Waals surface area contributed by atoms with Crippen LogP contribution < -0.4 is 10.6 Å². The number of carbonyl (C=O) groups is 1. The summed E-state index contributed by atoms with van der Waals surface area (Å²) in [6, 6.07) is 7.97. The average Bonchev–Trinajstić information content (AvgIpc) is 2.31. The maximum absolute atomic E-state index is 11.6. The highest BCUT2D eigenvalue weighted by molar-refractivity contribution is 5.94. The van der Waals surface area contributed by atoms with Crippen molar-refractivity contribution in [2.75, 3.05) is 31.2 Å². The fourth-order valence-electron chi connectivity index (χ4n) is 1.80. The van der Waals surface area contributed by atoms with E-state index in [2.05, 4.69) is 0 Å². The molecule has 0 spiro atoms. The summed E-state index contributed by atoms with van der Waals surface area (Å²) in [4.78, 5) is 13.3. The third-order valence-electron chi connectivity index (χ3n) is 2.67. The first kappa shape index (κ1) is 11.1. The lowest BCUT2D eigenvalue weighted by Gasteiger charge is -2.26. The number of ether oxygens (including phenoxy) is 1. The molecule has 1 aliphatic heterocycles. The molecule has 1 saturated heterocycles. The Bertz CT molecular complexity index is 362. The summed E-state index contributed by atoms with van der Waals surface area (Å²) in [5.74, 6) is 0.0258. The molecule has 86 valence electrons. The standard InChI is InChI=1S/C12H16N2O2/c13-6-5-10-1-3-11(4-2-10)14-7-8-16-9-12(14)15/h1-4H,5-9,13H2. The Morgan fingerprint density at radius 3 is 2.69 bits per heavy atom. The second kappa shape index (κ2) is 5.09. The molecule has 1 amide bonds. The summed E-state index contributed by atoms with van der Waals surface area (Å²) in [5.41, 5.74) is 7.62. The number of benzene rings is 1. The van der Waals surface area contributed by atoms with Crippen LogP contribution in [-0.2, 0) is 16.0 Å². The first-order valence-electron chi connectivity index (χ1n) is 5.48. The smallest absolute Gasteiger partial charge is 0.253 e. The fourth-order valence-corrected chi connectivity index (χ4v) is 1.80. The first-order chi connectivity index (χ1) is 7.81. The van der Waals surface area contributed by atoms with Crippen molar-refractivity contribution in [1.29, 1.82) is 0 Å². The van der Waals surface area contributed by atoms with Gasteiger partial charge < -0.3 is 15.4 Å². The predicted octanol–water partition coefficient (Wildman–Crippen LogP) is 0.551. The van der Waals surface area contributed by atoms with Crippen LogP contribution in [0, 0.1) is 0 Å². The molecule has 1 aliphatic rings. The molecule has 1 aromatic carbocycles. The number of carbonyl (C=O) groups excluding carboxylic acids is 1. The number of amides is 1. The highest BCUT2D eigenvalue weighted by Crippen LogP contribution is 2.17. The molecule has 4 nitrogen and oxygen atoms in total. The van der Waals surface area contributed by atoms with Crippen molar-refractivity contribution in [2.24, 2.45) is 5.73 Å². The van der Waals surface area contributed by atoms with Crippen LogP contribution in [0.4, 0.5) is 5.69 Å². The van der Waals surface area contributed by atoms with Crippen molar-refractivity contribution in [3.05, 3.63) is 29.8 Å². The van der Waals surface area contributed by atoms with Gasteiger partial charge in [0.1, 0.15) is 6.61 Å². The molecule has 0 saturated carbocycles. The normalized spacial score (nSPS) is 16.6. The van der Waals surface area contributed by atoms with Crippen molar-refractivity contribution in [3.8, 4) is 0 Å². The molecule has 0 unspecified atom stereocenters. The van der Waals surface area contributed by atoms with Crippen molar-refractivity contribution < 1.29 is 9.53 Å². The van der Waals surface area contributed by atoms with Crippen LogP contribution in [0.15, 0.2) is 24.3 Å². The Morgan fingerprint density at radius 1 is 1.31 bits per heavy atom. The van der Waals surface area contributed by atoms with E-state index in [9.17, 15) is 4.79 Å². The highest BCUT2D eigenvalue weighted by atomic mass is 16.5. The Hall–Kier alpha value is -1.39. The predicted molar refractivity (Wildman–Crippen MR) is 62.4 cm³/mol. The van der Waals surface area contributed by atoms with E-state index >= 15 is 0 Å². The van der Waals surface area contributed by atoms with Gasteiger partial charge >= 0.3 is 0 Å². The van der Waals surface area contributed by atoms with Gasteiger partial charge in [-0.1, -0.05) is 12.1 Å². The molecular weight excluding hydrogens is 204 g/mol. The summed E-state index contributed by atoms with van der Waals surface area (Å²) >= 11 is 0. The summed E-state index contributed by atoms with van der Waals surface area (Å²) < 4.78 is 5.09. The monoisotopic (exact) mass is 220 g/mol. The van der Waals surface area contributed by atoms with Crippen LogP contribution in [0.5, 0.6) is 0 Å². The number of anilines is 1. The lowest BCUT2D eigenvalue weighted by molar-refractivity contribution is -0.125. The Balaban J connectivity index is 2.11. The average molecular weight is 220 g/mol. The molecule has 0 atom stereocenters. The van der Waals surface area contributed by atoms with Gasteiger partial charge in [-0.15, -0.1) is 0 Å². The minimum atomic E-state index is 0.0258. The van der Waals surface area contributed by atoms with Gasteiger partial charge in [-0.3, -0.25) is 4.79 Å². The number of hydrogen-bond donors (Lipinski definition) is 1. The van der Waals surface area contributed by atoms with Gasteiger partial charge in [-0.05, 0) is 30.7 Å². The van der Waals surface area contributed by atoms with Crippen molar-refractivity contribution in [2.45, 2.75) is 6.42 Å². The van der Waals surface area contributed by atoms with Crippen LogP contribution in [0.2, 0.25) is 0 Å². The van der Waals surface area contributed by atoms with E-state index < -0.39 is 0 Å². The highest BCUT2D eigenvalue weighted by Gasteiger charge is 2.19. The van der Waals surface area contributed by atoms with E-state index in [1.807, 2.05) is 24.3 Å². The molecule has 16 heavy (non-hydrogen) atoms. The van der Waals surface area contributed by atoms with Crippen LogP contribution in [0.3, 0.4) is 0 Å². The summed E-state index contributed by atoms with van der Waals surface area (Å²) in [6.45, 7) is 2.08. The van der Waals surface area contributed by atoms with Crippen LogP contribution in [0.1, 0.15) is 5.56 Å². The lowest BCUT2D eigenvalue weighted by Crippen LogP contribution is -2.41. The van der Waals surface area contributed by atoms with Gasteiger partial charge in [0.2, 0.25) is 0 Å².